The van der Waals surface area contributed by atoms with E-state index in [9.17, 15) is 18.0 Å². The van der Waals surface area contributed by atoms with E-state index < -0.39 is 16.1 Å². The number of likely N-dealkylation sites (N-methyl/N-ethyl adjacent to an activating group) is 1. The first kappa shape index (κ1) is 26.6. The van der Waals surface area contributed by atoms with Crippen molar-refractivity contribution in [3.8, 4) is 11.5 Å². The summed E-state index contributed by atoms with van der Waals surface area (Å²) in [5.41, 5.74) is 1.14. The molecule has 0 unspecified atom stereocenters. The molecule has 35 heavy (non-hydrogen) atoms. The molecule has 1 aliphatic rings. The van der Waals surface area contributed by atoms with Gasteiger partial charge in [-0.2, -0.15) is 0 Å². The number of carbonyl (C=O) groups excluding carboxylic acids is 2. The summed E-state index contributed by atoms with van der Waals surface area (Å²) in [6, 6.07) is 11.3. The maximum Gasteiger partial charge on any atom is 0.242 e. The molecule has 1 N–H and O–H groups in total. The molecule has 0 spiro atoms. The van der Waals surface area contributed by atoms with Gasteiger partial charge in [0, 0.05) is 37.1 Å². The minimum Gasteiger partial charge on any atom is -0.454 e. The lowest BCUT2D eigenvalue weighted by Gasteiger charge is -2.29. The number of rotatable bonds is 11. The molecule has 2 amide bonds. The van der Waals surface area contributed by atoms with E-state index in [-0.39, 0.29) is 44.5 Å². The van der Waals surface area contributed by atoms with Gasteiger partial charge in [-0.3, -0.25) is 13.9 Å². The van der Waals surface area contributed by atoms with Crippen molar-refractivity contribution in [2.45, 2.75) is 39.3 Å². The molecular weight excluding hydrogens is 494 g/mol. The number of benzene rings is 2. The second-order valence-electron chi connectivity index (χ2n) is 8.16. The summed E-state index contributed by atoms with van der Waals surface area (Å²) >= 11 is 6.29. The smallest absolute Gasteiger partial charge is 0.242 e. The zero-order chi connectivity index (χ0) is 25.6. The average molecular weight is 524 g/mol. The Morgan fingerprint density at radius 2 is 1.86 bits per heavy atom. The molecule has 2 aromatic carbocycles. The Labute approximate surface area is 211 Å². The molecule has 1 aliphatic heterocycles. The van der Waals surface area contributed by atoms with Crippen LogP contribution in [0.2, 0.25) is 5.02 Å². The lowest BCUT2D eigenvalue weighted by Crippen LogP contribution is -2.47. The molecule has 11 heteroatoms. The number of carbonyl (C=O) groups is 2. The Kier molecular flexibility index (Phi) is 8.85. The maximum atomic E-state index is 13.2. The highest BCUT2D eigenvalue weighted by atomic mass is 35.5. The third kappa shape index (κ3) is 6.79. The third-order valence-corrected chi connectivity index (χ3v) is 7.18. The first-order valence-electron chi connectivity index (χ1n) is 11.3. The molecular formula is C24H30ClN3O6S. The van der Waals surface area contributed by atoms with Gasteiger partial charge in [0.05, 0.1) is 11.9 Å². The van der Waals surface area contributed by atoms with Crippen LogP contribution in [0.3, 0.4) is 0 Å². The van der Waals surface area contributed by atoms with E-state index in [1.807, 2.05) is 6.07 Å². The van der Waals surface area contributed by atoms with Gasteiger partial charge in [0.2, 0.25) is 28.6 Å². The zero-order valence-corrected chi connectivity index (χ0v) is 21.6. The molecule has 0 aliphatic carbocycles. The number of sulfonamides is 1. The fourth-order valence-corrected chi connectivity index (χ4v) is 4.91. The predicted molar refractivity (Wildman–Crippen MR) is 134 cm³/mol. The van der Waals surface area contributed by atoms with Crippen molar-refractivity contribution in [3.05, 3.63) is 53.1 Å². The number of fused-ring (bicyclic) bond motifs is 1. The van der Waals surface area contributed by atoms with Crippen LogP contribution in [0.5, 0.6) is 11.5 Å². The summed E-state index contributed by atoms with van der Waals surface area (Å²) in [6.07, 6.45) is 1.41. The molecule has 0 fully saturated rings. The molecule has 2 aromatic rings. The van der Waals surface area contributed by atoms with Gasteiger partial charge in [0.1, 0.15) is 6.04 Å². The maximum absolute atomic E-state index is 13.2. The number of hydrogen-bond acceptors (Lipinski definition) is 6. The number of amides is 2. The van der Waals surface area contributed by atoms with Crippen molar-refractivity contribution in [1.29, 1.82) is 0 Å². The third-order valence-electron chi connectivity index (χ3n) is 5.61. The van der Waals surface area contributed by atoms with Crippen molar-refractivity contribution < 1.29 is 27.5 Å². The number of hydrogen-bond donors (Lipinski definition) is 1. The Balaban J connectivity index is 1.73. The van der Waals surface area contributed by atoms with Crippen LogP contribution < -0.4 is 19.1 Å². The zero-order valence-electron chi connectivity index (χ0n) is 20.0. The summed E-state index contributed by atoms with van der Waals surface area (Å²) in [6.45, 7) is 4.23. The first-order chi connectivity index (χ1) is 16.6. The van der Waals surface area contributed by atoms with Crippen molar-refractivity contribution in [2.75, 3.05) is 30.4 Å². The fraction of sp³-hybridized carbons (Fsp3) is 0.417. The molecule has 1 heterocycles. The Hall–Kier alpha value is -2.98. The van der Waals surface area contributed by atoms with Gasteiger partial charge in [-0.1, -0.05) is 29.8 Å². The summed E-state index contributed by atoms with van der Waals surface area (Å²) in [7, 11) is -3.61. The van der Waals surface area contributed by atoms with E-state index in [2.05, 4.69) is 5.32 Å². The standard InChI is InChI=1S/C24H30ClN3O6S/c1-4-26-24(30)17(2)27(15-18-8-5-6-9-20(18)25)23(29)10-7-13-28(35(3,31)32)19-11-12-21-22(14-19)34-16-33-21/h5-6,8-9,11-12,14,17H,4,7,10,13,15-16H2,1-3H3,(H,26,30)/t17-/m1/s1. The van der Waals surface area contributed by atoms with E-state index in [4.69, 9.17) is 21.1 Å². The Bertz CT molecular complexity index is 1170. The van der Waals surface area contributed by atoms with E-state index >= 15 is 0 Å². The van der Waals surface area contributed by atoms with Crippen molar-refractivity contribution >= 4 is 39.1 Å². The lowest BCUT2D eigenvalue weighted by molar-refractivity contribution is -0.140. The SMILES string of the molecule is CCNC(=O)[C@@H](C)N(Cc1ccccc1Cl)C(=O)CCCN(c1ccc2c(c1)OCO2)S(C)(=O)=O. The molecule has 0 saturated carbocycles. The fourth-order valence-electron chi connectivity index (χ4n) is 3.76. The monoisotopic (exact) mass is 523 g/mol. The van der Waals surface area contributed by atoms with Crippen LogP contribution in [0.25, 0.3) is 0 Å². The molecule has 190 valence electrons. The van der Waals surface area contributed by atoms with Crippen molar-refractivity contribution in [3.63, 3.8) is 0 Å². The number of anilines is 1. The van der Waals surface area contributed by atoms with Crippen molar-refractivity contribution in [2.24, 2.45) is 0 Å². The van der Waals surface area contributed by atoms with Gasteiger partial charge in [-0.25, -0.2) is 8.42 Å². The average Bonchev–Trinajstić information content (AvgIpc) is 3.28. The Morgan fingerprint density at radius 1 is 1.14 bits per heavy atom. The molecule has 1 atom stereocenters. The molecule has 0 radical (unpaired) electrons. The minimum absolute atomic E-state index is 0.0464. The van der Waals surface area contributed by atoms with E-state index in [1.165, 1.54) is 9.21 Å². The van der Waals surface area contributed by atoms with Gasteiger partial charge < -0.3 is 19.7 Å². The van der Waals surface area contributed by atoms with E-state index in [0.717, 1.165) is 11.8 Å². The number of ether oxygens (including phenoxy) is 2. The highest BCUT2D eigenvalue weighted by molar-refractivity contribution is 7.92. The van der Waals surface area contributed by atoms with Crippen LogP contribution in [0, 0.1) is 0 Å². The summed E-state index contributed by atoms with van der Waals surface area (Å²) in [5.74, 6) is 0.467. The number of halogens is 1. The molecule has 0 aromatic heterocycles. The number of nitrogens with zero attached hydrogens (tertiary/aromatic N) is 2. The molecule has 0 saturated heterocycles. The normalized spacial score (nSPS) is 13.3. The minimum atomic E-state index is -3.61. The quantitative estimate of drug-likeness (QED) is 0.485. The van der Waals surface area contributed by atoms with Gasteiger partial charge in [0.25, 0.3) is 0 Å². The highest BCUT2D eigenvalue weighted by Gasteiger charge is 2.27. The molecule has 3 rings (SSSR count). The van der Waals surface area contributed by atoms with Gasteiger partial charge >= 0.3 is 0 Å². The first-order valence-corrected chi connectivity index (χ1v) is 13.5. The van der Waals surface area contributed by atoms with Gasteiger partial charge in [-0.05, 0) is 44.0 Å². The van der Waals surface area contributed by atoms with E-state index in [1.54, 1.807) is 50.2 Å². The summed E-state index contributed by atoms with van der Waals surface area (Å²) < 4.78 is 36.8. The topological polar surface area (TPSA) is 105 Å². The van der Waals surface area contributed by atoms with E-state index in [0.29, 0.717) is 28.8 Å². The van der Waals surface area contributed by atoms with Crippen molar-refractivity contribution in [1.82, 2.24) is 10.2 Å². The van der Waals surface area contributed by atoms with Crippen LogP contribution in [-0.4, -0.2) is 57.3 Å². The predicted octanol–water partition coefficient (Wildman–Crippen LogP) is 3.17. The Morgan fingerprint density at radius 3 is 2.54 bits per heavy atom. The van der Waals surface area contributed by atoms with Crippen LogP contribution in [0.1, 0.15) is 32.3 Å². The largest absolute Gasteiger partial charge is 0.454 e. The van der Waals surface area contributed by atoms with Crippen LogP contribution in [0.4, 0.5) is 5.69 Å². The van der Waals surface area contributed by atoms with Crippen LogP contribution in [-0.2, 0) is 26.2 Å². The second kappa shape index (κ2) is 11.6. The summed E-state index contributed by atoms with van der Waals surface area (Å²) in [4.78, 5) is 27.2. The highest BCUT2D eigenvalue weighted by Crippen LogP contribution is 2.36. The number of nitrogens with one attached hydrogen (secondary N) is 1. The van der Waals surface area contributed by atoms with Gasteiger partial charge in [0.15, 0.2) is 11.5 Å². The second-order valence-corrected chi connectivity index (χ2v) is 10.5. The molecule has 9 nitrogen and oxygen atoms in total. The van der Waals surface area contributed by atoms with Crippen LogP contribution >= 0.6 is 11.6 Å². The molecule has 0 bridgehead atoms. The van der Waals surface area contributed by atoms with Crippen LogP contribution in [0.15, 0.2) is 42.5 Å². The lowest BCUT2D eigenvalue weighted by atomic mass is 10.1. The van der Waals surface area contributed by atoms with Gasteiger partial charge in [-0.15, -0.1) is 0 Å². The summed E-state index contributed by atoms with van der Waals surface area (Å²) in [5, 5.41) is 3.24.